The number of aromatic nitrogens is 3. The average Bonchev–Trinajstić information content (AvgIpc) is 2.80. The topological polar surface area (TPSA) is 83.5 Å². The molecular weight excluding hydrogens is 387 g/mol. The van der Waals surface area contributed by atoms with E-state index in [2.05, 4.69) is 25.4 Å². The lowest BCUT2D eigenvalue weighted by Crippen LogP contribution is -2.49. The molecule has 154 valence electrons. The van der Waals surface area contributed by atoms with Crippen molar-refractivity contribution in [2.24, 2.45) is 0 Å². The van der Waals surface area contributed by atoms with Crippen molar-refractivity contribution in [3.05, 3.63) is 66.2 Å². The third-order valence-corrected chi connectivity index (χ3v) is 4.89. The van der Waals surface area contributed by atoms with Crippen LogP contribution < -0.4 is 15.0 Å². The molecule has 30 heavy (non-hydrogen) atoms. The van der Waals surface area contributed by atoms with Gasteiger partial charge in [-0.25, -0.2) is 4.39 Å². The molecule has 1 aliphatic rings. The van der Waals surface area contributed by atoms with E-state index in [-0.39, 0.29) is 11.7 Å². The zero-order valence-corrected chi connectivity index (χ0v) is 16.5. The zero-order chi connectivity index (χ0) is 20.9. The first-order valence-electron chi connectivity index (χ1n) is 9.52. The van der Waals surface area contributed by atoms with Crippen LogP contribution in [-0.2, 0) is 0 Å². The Labute approximate surface area is 173 Å². The molecule has 4 rings (SSSR count). The summed E-state index contributed by atoms with van der Waals surface area (Å²) in [6, 6.07) is 11.7. The van der Waals surface area contributed by atoms with Gasteiger partial charge in [0, 0.05) is 49.8 Å². The first kappa shape index (κ1) is 19.6. The van der Waals surface area contributed by atoms with E-state index < -0.39 is 5.82 Å². The average molecular weight is 408 g/mol. The van der Waals surface area contributed by atoms with Gasteiger partial charge in [-0.2, -0.15) is 0 Å². The summed E-state index contributed by atoms with van der Waals surface area (Å²) in [5.41, 5.74) is 1.20. The standard InChI is InChI=1S/C21H21FN6O2/c1-30-18-3-2-15(14-17(18)22)21(29)28-12-10-27(11-13-28)20-5-4-19(25-26-20)24-16-6-8-23-9-7-16/h2-9,14H,10-13H2,1H3,(H,23,24,25). The lowest BCUT2D eigenvalue weighted by molar-refractivity contribution is 0.0746. The normalized spacial score (nSPS) is 13.8. The number of pyridine rings is 1. The number of hydrogen-bond donors (Lipinski definition) is 1. The van der Waals surface area contributed by atoms with Gasteiger partial charge in [-0.05, 0) is 42.5 Å². The number of nitrogens with one attached hydrogen (secondary N) is 1. The Morgan fingerprint density at radius 1 is 1.03 bits per heavy atom. The van der Waals surface area contributed by atoms with Gasteiger partial charge in [-0.15, -0.1) is 10.2 Å². The van der Waals surface area contributed by atoms with Crippen molar-refractivity contribution >= 4 is 23.2 Å². The van der Waals surface area contributed by atoms with E-state index in [9.17, 15) is 9.18 Å². The number of nitrogens with zero attached hydrogens (tertiary/aromatic N) is 5. The minimum Gasteiger partial charge on any atom is -0.494 e. The predicted octanol–water partition coefficient (Wildman–Crippen LogP) is 2.73. The second-order valence-corrected chi connectivity index (χ2v) is 6.77. The highest BCUT2D eigenvalue weighted by Gasteiger charge is 2.23. The van der Waals surface area contributed by atoms with Gasteiger partial charge in [0.25, 0.3) is 5.91 Å². The lowest BCUT2D eigenvalue weighted by Gasteiger charge is -2.35. The Balaban J connectivity index is 1.35. The maximum atomic E-state index is 13.9. The molecule has 0 saturated carbocycles. The number of anilines is 3. The maximum absolute atomic E-state index is 13.9. The predicted molar refractivity (Wildman–Crippen MR) is 111 cm³/mol. The monoisotopic (exact) mass is 408 g/mol. The molecule has 1 amide bonds. The van der Waals surface area contributed by atoms with E-state index in [0.29, 0.717) is 37.6 Å². The quantitative estimate of drug-likeness (QED) is 0.695. The van der Waals surface area contributed by atoms with Crippen LogP contribution in [0.3, 0.4) is 0 Å². The second kappa shape index (κ2) is 8.73. The van der Waals surface area contributed by atoms with Crippen molar-refractivity contribution in [3.63, 3.8) is 0 Å². The van der Waals surface area contributed by atoms with Gasteiger partial charge in [-0.1, -0.05) is 0 Å². The summed E-state index contributed by atoms with van der Waals surface area (Å²) in [6.45, 7) is 2.28. The third kappa shape index (κ3) is 4.29. The molecule has 2 aromatic heterocycles. The second-order valence-electron chi connectivity index (χ2n) is 6.77. The molecule has 0 bridgehead atoms. The molecule has 3 aromatic rings. The van der Waals surface area contributed by atoms with E-state index in [0.717, 1.165) is 11.5 Å². The highest BCUT2D eigenvalue weighted by atomic mass is 19.1. The Bertz CT molecular complexity index is 1010. The summed E-state index contributed by atoms with van der Waals surface area (Å²) in [7, 11) is 1.39. The van der Waals surface area contributed by atoms with E-state index >= 15 is 0 Å². The Morgan fingerprint density at radius 3 is 2.43 bits per heavy atom. The Hall–Kier alpha value is -3.75. The minimum absolute atomic E-state index is 0.122. The SMILES string of the molecule is COc1ccc(C(=O)N2CCN(c3ccc(Nc4ccncc4)nn3)CC2)cc1F. The number of carbonyl (C=O) groups excluding carboxylic acids is 1. The minimum atomic E-state index is -0.544. The molecule has 1 saturated heterocycles. The number of methoxy groups -OCH3 is 1. The fourth-order valence-electron chi connectivity index (χ4n) is 3.26. The van der Waals surface area contributed by atoms with Crippen molar-refractivity contribution in [1.29, 1.82) is 0 Å². The summed E-state index contributed by atoms with van der Waals surface area (Å²) >= 11 is 0. The molecule has 0 aliphatic carbocycles. The molecule has 0 atom stereocenters. The number of amides is 1. The molecular formula is C21H21FN6O2. The van der Waals surface area contributed by atoms with E-state index in [1.165, 1.54) is 19.2 Å². The summed E-state index contributed by atoms with van der Waals surface area (Å²) in [5.74, 6) is 0.770. The van der Waals surface area contributed by atoms with E-state index in [4.69, 9.17) is 4.74 Å². The first-order chi connectivity index (χ1) is 14.6. The number of halogens is 1. The molecule has 1 aromatic carbocycles. The van der Waals surface area contributed by atoms with Gasteiger partial charge in [-0.3, -0.25) is 9.78 Å². The molecule has 3 heterocycles. The molecule has 8 nitrogen and oxygen atoms in total. The molecule has 0 radical (unpaired) electrons. The van der Waals surface area contributed by atoms with Gasteiger partial charge in [0.2, 0.25) is 0 Å². The van der Waals surface area contributed by atoms with Crippen molar-refractivity contribution in [1.82, 2.24) is 20.1 Å². The third-order valence-electron chi connectivity index (χ3n) is 4.89. The number of benzene rings is 1. The fourth-order valence-corrected chi connectivity index (χ4v) is 3.26. The van der Waals surface area contributed by atoms with Crippen LogP contribution in [0.5, 0.6) is 5.75 Å². The van der Waals surface area contributed by atoms with Crippen LogP contribution in [0.2, 0.25) is 0 Å². The first-order valence-corrected chi connectivity index (χ1v) is 9.52. The van der Waals surface area contributed by atoms with Crippen LogP contribution in [0.1, 0.15) is 10.4 Å². The molecule has 0 unspecified atom stereocenters. The smallest absolute Gasteiger partial charge is 0.254 e. The summed E-state index contributed by atoms with van der Waals surface area (Å²) in [6.07, 6.45) is 3.40. The number of piperazine rings is 1. The van der Waals surface area contributed by atoms with E-state index in [1.807, 2.05) is 24.3 Å². The van der Waals surface area contributed by atoms with Gasteiger partial charge >= 0.3 is 0 Å². The maximum Gasteiger partial charge on any atom is 0.254 e. The van der Waals surface area contributed by atoms with Gasteiger partial charge < -0.3 is 19.9 Å². The lowest BCUT2D eigenvalue weighted by atomic mass is 10.1. The Morgan fingerprint density at radius 2 is 1.80 bits per heavy atom. The molecule has 1 N–H and O–H groups in total. The van der Waals surface area contributed by atoms with Crippen LogP contribution in [0.25, 0.3) is 0 Å². The van der Waals surface area contributed by atoms with Gasteiger partial charge in [0.1, 0.15) is 0 Å². The summed E-state index contributed by atoms with van der Waals surface area (Å²) < 4.78 is 18.8. The van der Waals surface area contributed by atoms with Crippen molar-refractivity contribution in [3.8, 4) is 5.75 Å². The van der Waals surface area contributed by atoms with Crippen molar-refractivity contribution in [2.75, 3.05) is 43.5 Å². The molecule has 9 heteroatoms. The van der Waals surface area contributed by atoms with Gasteiger partial charge in [0.05, 0.1) is 7.11 Å². The number of ether oxygens (including phenoxy) is 1. The molecule has 0 spiro atoms. The van der Waals surface area contributed by atoms with Crippen LogP contribution in [-0.4, -0.2) is 59.3 Å². The summed E-state index contributed by atoms with van der Waals surface area (Å²) in [4.78, 5) is 20.4. The van der Waals surface area contributed by atoms with Crippen LogP contribution in [0, 0.1) is 5.82 Å². The number of hydrogen-bond acceptors (Lipinski definition) is 7. The van der Waals surface area contributed by atoms with Crippen molar-refractivity contribution in [2.45, 2.75) is 0 Å². The highest BCUT2D eigenvalue weighted by molar-refractivity contribution is 5.94. The van der Waals surface area contributed by atoms with Crippen LogP contribution in [0.4, 0.5) is 21.7 Å². The largest absolute Gasteiger partial charge is 0.494 e. The number of carbonyl (C=O) groups is 1. The van der Waals surface area contributed by atoms with Crippen LogP contribution in [0.15, 0.2) is 54.9 Å². The highest BCUT2D eigenvalue weighted by Crippen LogP contribution is 2.21. The van der Waals surface area contributed by atoms with Gasteiger partial charge in [0.15, 0.2) is 23.2 Å². The van der Waals surface area contributed by atoms with E-state index in [1.54, 1.807) is 23.4 Å². The van der Waals surface area contributed by atoms with Crippen LogP contribution >= 0.6 is 0 Å². The fraction of sp³-hybridized carbons (Fsp3) is 0.238. The molecule has 1 aliphatic heterocycles. The summed E-state index contributed by atoms with van der Waals surface area (Å²) in [5, 5.41) is 11.7. The Kier molecular flexibility index (Phi) is 5.69. The molecule has 1 fully saturated rings. The number of rotatable bonds is 5. The van der Waals surface area contributed by atoms with Crippen molar-refractivity contribution < 1.29 is 13.9 Å². The zero-order valence-electron chi connectivity index (χ0n) is 16.5.